The number of hydrogen-bond acceptors (Lipinski definition) is 4. The van der Waals surface area contributed by atoms with Crippen molar-refractivity contribution in [1.82, 2.24) is 5.32 Å². The van der Waals surface area contributed by atoms with Crippen molar-refractivity contribution in [1.29, 1.82) is 0 Å². The van der Waals surface area contributed by atoms with E-state index in [1.165, 1.54) is 0 Å². The van der Waals surface area contributed by atoms with Gasteiger partial charge in [-0.2, -0.15) is 0 Å². The van der Waals surface area contributed by atoms with Gasteiger partial charge in [0.25, 0.3) is 5.91 Å². The number of carbonyl (C=O) groups excluding carboxylic acids is 1. The molecule has 2 aromatic carbocycles. The number of amides is 1. The van der Waals surface area contributed by atoms with E-state index in [9.17, 15) is 14.7 Å². The average molecular weight is 357 g/mol. The Morgan fingerprint density at radius 1 is 1.04 bits per heavy atom. The van der Waals surface area contributed by atoms with Gasteiger partial charge in [-0.25, -0.2) is 0 Å². The molecule has 1 amide bonds. The van der Waals surface area contributed by atoms with E-state index in [1.54, 1.807) is 62.6 Å². The molecule has 0 aliphatic heterocycles. The van der Waals surface area contributed by atoms with Crippen LogP contribution in [0.3, 0.4) is 0 Å². The monoisotopic (exact) mass is 357 g/mol. The molecule has 0 fully saturated rings. The molecule has 0 heterocycles. The number of nitrogens with one attached hydrogen (secondary N) is 1. The summed E-state index contributed by atoms with van der Waals surface area (Å²) in [6.07, 6.45) is 0.353. The number of benzene rings is 2. The molecule has 2 N–H and O–H groups in total. The average Bonchev–Trinajstić information content (AvgIpc) is 2.68. The van der Waals surface area contributed by atoms with Gasteiger partial charge in [0.2, 0.25) is 0 Å². The summed E-state index contributed by atoms with van der Waals surface area (Å²) in [5.41, 5.74) is -0.511. The van der Waals surface area contributed by atoms with Crippen molar-refractivity contribution in [3.63, 3.8) is 0 Å². The molecule has 0 radical (unpaired) electrons. The van der Waals surface area contributed by atoms with Gasteiger partial charge in [-0.3, -0.25) is 9.59 Å². The van der Waals surface area contributed by atoms with Gasteiger partial charge >= 0.3 is 5.97 Å². The number of rotatable bonds is 9. The molecule has 138 valence electrons. The standard InChI is InChI=1S/C20H23NO5/c1-3-20(19(23)24,15-7-5-4-6-8-15)14-21-18(22)13-26-17-11-9-16(25-2)10-12-17/h4-12H,3,13-14H2,1-2H3,(H,21,22)(H,23,24). The first-order chi connectivity index (χ1) is 12.5. The minimum Gasteiger partial charge on any atom is -0.497 e. The lowest BCUT2D eigenvalue weighted by Crippen LogP contribution is -2.47. The quantitative estimate of drug-likeness (QED) is 0.721. The smallest absolute Gasteiger partial charge is 0.315 e. The van der Waals surface area contributed by atoms with Crippen LogP contribution in [0.5, 0.6) is 11.5 Å². The third-order valence-electron chi connectivity index (χ3n) is 4.36. The predicted octanol–water partition coefficient (Wildman–Crippen LogP) is 2.62. The minimum atomic E-state index is -1.17. The zero-order valence-electron chi connectivity index (χ0n) is 14.9. The van der Waals surface area contributed by atoms with Crippen LogP contribution in [0, 0.1) is 0 Å². The summed E-state index contributed by atoms with van der Waals surface area (Å²) in [4.78, 5) is 24.0. The first-order valence-corrected chi connectivity index (χ1v) is 8.34. The Morgan fingerprint density at radius 3 is 2.19 bits per heavy atom. The summed E-state index contributed by atoms with van der Waals surface area (Å²) >= 11 is 0. The number of carboxylic acid groups (broad SMARTS) is 1. The molecule has 0 bridgehead atoms. The molecule has 0 aliphatic rings. The Bertz CT molecular complexity index is 730. The first kappa shape index (κ1) is 19.3. The van der Waals surface area contributed by atoms with E-state index in [2.05, 4.69) is 5.32 Å². The Kier molecular flexibility index (Phi) is 6.60. The topological polar surface area (TPSA) is 84.9 Å². The number of hydrogen-bond donors (Lipinski definition) is 2. The molecule has 1 unspecified atom stereocenters. The highest BCUT2D eigenvalue weighted by Crippen LogP contribution is 2.27. The van der Waals surface area contributed by atoms with Crippen LogP contribution in [0.15, 0.2) is 54.6 Å². The van der Waals surface area contributed by atoms with Crippen LogP contribution in [0.4, 0.5) is 0 Å². The Labute approximate surface area is 152 Å². The fourth-order valence-electron chi connectivity index (χ4n) is 2.66. The van der Waals surface area contributed by atoms with Crippen molar-refractivity contribution in [2.75, 3.05) is 20.3 Å². The maximum atomic E-state index is 12.1. The van der Waals surface area contributed by atoms with Gasteiger partial charge in [0.05, 0.1) is 7.11 Å². The largest absolute Gasteiger partial charge is 0.497 e. The van der Waals surface area contributed by atoms with Gasteiger partial charge in [0, 0.05) is 6.54 Å². The summed E-state index contributed by atoms with van der Waals surface area (Å²) in [5, 5.41) is 12.4. The summed E-state index contributed by atoms with van der Waals surface area (Å²) < 4.78 is 10.5. The van der Waals surface area contributed by atoms with E-state index in [0.717, 1.165) is 0 Å². The molecule has 2 rings (SSSR count). The molecule has 0 aromatic heterocycles. The third kappa shape index (κ3) is 4.53. The first-order valence-electron chi connectivity index (χ1n) is 8.34. The van der Waals surface area contributed by atoms with Gasteiger partial charge in [0.15, 0.2) is 6.61 Å². The second-order valence-electron chi connectivity index (χ2n) is 5.85. The van der Waals surface area contributed by atoms with E-state index in [-0.39, 0.29) is 19.1 Å². The molecule has 0 saturated carbocycles. The fraction of sp³-hybridized carbons (Fsp3) is 0.300. The predicted molar refractivity (Wildman–Crippen MR) is 97.5 cm³/mol. The molecule has 1 atom stereocenters. The van der Waals surface area contributed by atoms with Crippen LogP contribution in [0.25, 0.3) is 0 Å². The molecule has 2 aromatic rings. The van der Waals surface area contributed by atoms with Crippen LogP contribution in [0.2, 0.25) is 0 Å². The number of methoxy groups -OCH3 is 1. The van der Waals surface area contributed by atoms with E-state index in [1.807, 2.05) is 6.07 Å². The molecular formula is C20H23NO5. The third-order valence-corrected chi connectivity index (χ3v) is 4.36. The summed E-state index contributed by atoms with van der Waals surface area (Å²) in [7, 11) is 1.57. The zero-order chi connectivity index (χ0) is 19.0. The van der Waals surface area contributed by atoms with Crippen molar-refractivity contribution in [3.8, 4) is 11.5 Å². The molecule has 26 heavy (non-hydrogen) atoms. The van der Waals surface area contributed by atoms with Crippen molar-refractivity contribution in [2.45, 2.75) is 18.8 Å². The molecular weight excluding hydrogens is 334 g/mol. The maximum Gasteiger partial charge on any atom is 0.315 e. The molecule has 0 aliphatic carbocycles. The van der Waals surface area contributed by atoms with Gasteiger partial charge in [-0.1, -0.05) is 37.3 Å². The summed E-state index contributed by atoms with van der Waals surface area (Å²) in [6, 6.07) is 15.8. The highest BCUT2D eigenvalue weighted by Gasteiger charge is 2.38. The highest BCUT2D eigenvalue weighted by atomic mass is 16.5. The number of aliphatic carboxylic acids is 1. The molecule has 0 saturated heterocycles. The molecule has 6 nitrogen and oxygen atoms in total. The van der Waals surface area contributed by atoms with E-state index >= 15 is 0 Å². The summed E-state index contributed by atoms with van der Waals surface area (Å²) in [5.74, 6) is -0.124. The Morgan fingerprint density at radius 2 is 1.65 bits per heavy atom. The van der Waals surface area contributed by atoms with Crippen LogP contribution >= 0.6 is 0 Å². The van der Waals surface area contributed by atoms with E-state index in [4.69, 9.17) is 9.47 Å². The van der Waals surface area contributed by atoms with E-state index < -0.39 is 11.4 Å². The van der Waals surface area contributed by atoms with Crippen LogP contribution in [-0.4, -0.2) is 37.2 Å². The van der Waals surface area contributed by atoms with Gasteiger partial charge in [0.1, 0.15) is 16.9 Å². The normalized spacial score (nSPS) is 12.7. The van der Waals surface area contributed by atoms with Gasteiger partial charge in [-0.05, 0) is 36.2 Å². The second kappa shape index (κ2) is 8.89. The Hall–Kier alpha value is -3.02. The lowest BCUT2D eigenvalue weighted by Gasteiger charge is -2.29. The van der Waals surface area contributed by atoms with Crippen molar-refractivity contribution in [3.05, 3.63) is 60.2 Å². The van der Waals surface area contributed by atoms with Gasteiger partial charge in [-0.15, -0.1) is 0 Å². The minimum absolute atomic E-state index is 0.00630. The number of carbonyl (C=O) groups is 2. The van der Waals surface area contributed by atoms with Crippen LogP contribution < -0.4 is 14.8 Å². The van der Waals surface area contributed by atoms with Crippen molar-refractivity contribution < 1.29 is 24.2 Å². The molecule has 0 spiro atoms. The van der Waals surface area contributed by atoms with Crippen molar-refractivity contribution in [2.24, 2.45) is 0 Å². The Balaban J connectivity index is 1.97. The fourth-order valence-corrected chi connectivity index (χ4v) is 2.66. The highest BCUT2D eigenvalue weighted by molar-refractivity contribution is 5.84. The van der Waals surface area contributed by atoms with Crippen molar-refractivity contribution >= 4 is 11.9 Å². The SMILES string of the molecule is CCC(CNC(=O)COc1ccc(OC)cc1)(C(=O)O)c1ccccc1. The maximum absolute atomic E-state index is 12.1. The van der Waals surface area contributed by atoms with Crippen LogP contribution in [0.1, 0.15) is 18.9 Å². The lowest BCUT2D eigenvalue weighted by molar-refractivity contribution is -0.144. The second-order valence-corrected chi connectivity index (χ2v) is 5.85. The van der Waals surface area contributed by atoms with Gasteiger partial charge < -0.3 is 19.9 Å². The zero-order valence-corrected chi connectivity index (χ0v) is 14.9. The van der Waals surface area contributed by atoms with E-state index in [0.29, 0.717) is 23.5 Å². The summed E-state index contributed by atoms with van der Waals surface area (Å²) in [6.45, 7) is 1.59. The lowest BCUT2D eigenvalue weighted by atomic mass is 9.78. The molecule has 6 heteroatoms. The number of ether oxygens (including phenoxy) is 2. The number of carboxylic acids is 1. The van der Waals surface area contributed by atoms with Crippen LogP contribution in [-0.2, 0) is 15.0 Å².